The monoisotopic (exact) mass is 301 g/mol. The zero-order valence-corrected chi connectivity index (χ0v) is 10.5. The molecule has 0 saturated heterocycles. The van der Waals surface area contributed by atoms with E-state index in [1.807, 2.05) is 0 Å². The fourth-order valence-corrected chi connectivity index (χ4v) is 1.50. The van der Waals surface area contributed by atoms with Gasteiger partial charge in [0.25, 0.3) is 0 Å². The number of carboxylic acids is 1. The van der Waals surface area contributed by atoms with Crippen LogP contribution in [0, 0.1) is 0 Å². The van der Waals surface area contributed by atoms with E-state index < -0.39 is 17.8 Å². The van der Waals surface area contributed by atoms with Gasteiger partial charge in [-0.1, -0.05) is 11.3 Å². The highest BCUT2D eigenvalue weighted by Gasteiger charge is 2.32. The first kappa shape index (κ1) is 14.8. The van der Waals surface area contributed by atoms with E-state index in [-0.39, 0.29) is 24.6 Å². The molecule has 0 bridgehead atoms. The van der Waals surface area contributed by atoms with Crippen LogP contribution >= 0.6 is 0 Å². The predicted octanol–water partition coefficient (Wildman–Crippen LogP) is 1.50. The Labute approximate surface area is 116 Å². The fraction of sp³-hybridized carbons (Fsp3) is 0.273. The molecule has 112 valence electrons. The third-order valence-corrected chi connectivity index (χ3v) is 2.44. The number of carboxylic acid groups (broad SMARTS) is 1. The lowest BCUT2D eigenvalue weighted by molar-refractivity contribution is -0.141. The Hall–Kier alpha value is -2.65. The number of anilines is 1. The van der Waals surface area contributed by atoms with Gasteiger partial charge in [0.2, 0.25) is 0 Å². The zero-order chi connectivity index (χ0) is 15.5. The molecule has 0 amide bonds. The number of nitrogens with one attached hydrogen (secondary N) is 1. The molecule has 2 heterocycles. The summed E-state index contributed by atoms with van der Waals surface area (Å²) in [6, 6.07) is 3.52. The van der Waals surface area contributed by atoms with Crippen molar-refractivity contribution in [3.05, 3.63) is 35.8 Å². The summed E-state index contributed by atoms with van der Waals surface area (Å²) in [5.74, 6) is -1.13. The number of pyridine rings is 1. The average Bonchev–Trinajstić information content (AvgIpc) is 2.87. The van der Waals surface area contributed by atoms with Crippen LogP contribution in [0.1, 0.15) is 16.2 Å². The molecule has 0 aliphatic rings. The second kappa shape index (κ2) is 5.77. The number of hydrogen-bond donors (Lipinski definition) is 2. The molecule has 0 atom stereocenters. The van der Waals surface area contributed by atoms with Gasteiger partial charge in [-0.05, 0) is 12.1 Å². The minimum atomic E-state index is -4.50. The molecule has 2 aromatic heterocycles. The molecule has 2 aromatic rings. The second-order valence-electron chi connectivity index (χ2n) is 4.00. The lowest BCUT2D eigenvalue weighted by atomic mass is 10.3. The molecule has 0 unspecified atom stereocenters. The molecule has 7 nitrogen and oxygen atoms in total. The van der Waals surface area contributed by atoms with Gasteiger partial charge in [0.1, 0.15) is 11.5 Å². The number of alkyl halides is 3. The van der Waals surface area contributed by atoms with Gasteiger partial charge in [0.15, 0.2) is 5.69 Å². The van der Waals surface area contributed by atoms with Crippen molar-refractivity contribution in [1.82, 2.24) is 20.0 Å². The molecule has 0 aromatic carbocycles. The summed E-state index contributed by atoms with van der Waals surface area (Å²) in [6.45, 7) is 0.453. The van der Waals surface area contributed by atoms with Crippen LogP contribution in [0.4, 0.5) is 19.0 Å². The third-order valence-electron chi connectivity index (χ3n) is 2.44. The Morgan fingerprint density at radius 2 is 2.14 bits per heavy atom. The van der Waals surface area contributed by atoms with Crippen molar-refractivity contribution >= 4 is 11.8 Å². The molecule has 0 aliphatic carbocycles. The molecule has 0 fully saturated rings. The van der Waals surface area contributed by atoms with Crippen LogP contribution in [-0.4, -0.2) is 37.6 Å². The summed E-state index contributed by atoms with van der Waals surface area (Å²) < 4.78 is 38.7. The summed E-state index contributed by atoms with van der Waals surface area (Å²) >= 11 is 0. The van der Waals surface area contributed by atoms with E-state index in [2.05, 4.69) is 20.6 Å². The summed E-state index contributed by atoms with van der Waals surface area (Å²) in [4.78, 5) is 14.0. The van der Waals surface area contributed by atoms with Crippen molar-refractivity contribution in [3.8, 4) is 0 Å². The van der Waals surface area contributed by atoms with Crippen molar-refractivity contribution in [3.63, 3.8) is 0 Å². The highest BCUT2D eigenvalue weighted by atomic mass is 19.4. The SMILES string of the molecule is O=C(O)c1cn(CCNc2cccc(C(F)(F)F)n2)nn1. The highest BCUT2D eigenvalue weighted by molar-refractivity contribution is 5.84. The Morgan fingerprint density at radius 3 is 2.76 bits per heavy atom. The number of hydrogen-bond acceptors (Lipinski definition) is 5. The zero-order valence-electron chi connectivity index (χ0n) is 10.5. The van der Waals surface area contributed by atoms with Crippen molar-refractivity contribution < 1.29 is 23.1 Å². The molecule has 21 heavy (non-hydrogen) atoms. The second-order valence-corrected chi connectivity index (χ2v) is 4.00. The van der Waals surface area contributed by atoms with Crippen molar-refractivity contribution in [2.45, 2.75) is 12.7 Å². The summed E-state index contributed by atoms with van der Waals surface area (Å²) in [5.41, 5.74) is -1.19. The van der Waals surface area contributed by atoms with Crippen molar-refractivity contribution in [2.75, 3.05) is 11.9 Å². The van der Waals surface area contributed by atoms with Crippen LogP contribution in [0.15, 0.2) is 24.4 Å². The molecule has 0 aliphatic heterocycles. The normalized spacial score (nSPS) is 11.4. The maximum Gasteiger partial charge on any atom is 0.433 e. The first-order valence-electron chi connectivity index (χ1n) is 5.78. The number of aromatic nitrogens is 4. The molecular weight excluding hydrogens is 291 g/mol. The average molecular weight is 301 g/mol. The van der Waals surface area contributed by atoms with E-state index in [0.29, 0.717) is 0 Å². The van der Waals surface area contributed by atoms with E-state index in [4.69, 9.17) is 5.11 Å². The Kier molecular flexibility index (Phi) is 4.05. The fourth-order valence-electron chi connectivity index (χ4n) is 1.50. The minimum absolute atomic E-state index is 0.0726. The summed E-state index contributed by atoms with van der Waals surface area (Å²) in [6.07, 6.45) is -3.27. The van der Waals surface area contributed by atoms with E-state index >= 15 is 0 Å². The quantitative estimate of drug-likeness (QED) is 0.869. The van der Waals surface area contributed by atoms with Gasteiger partial charge in [-0.3, -0.25) is 0 Å². The number of aromatic carboxylic acids is 1. The number of carbonyl (C=O) groups is 1. The lowest BCUT2D eigenvalue weighted by Crippen LogP contribution is -2.14. The minimum Gasteiger partial charge on any atom is -0.476 e. The first-order chi connectivity index (χ1) is 9.86. The van der Waals surface area contributed by atoms with E-state index in [9.17, 15) is 18.0 Å². The van der Waals surface area contributed by atoms with Gasteiger partial charge in [-0.25, -0.2) is 14.5 Å². The lowest BCUT2D eigenvalue weighted by Gasteiger charge is -2.09. The third kappa shape index (κ3) is 3.91. The molecule has 2 rings (SSSR count). The van der Waals surface area contributed by atoms with Crippen LogP contribution < -0.4 is 5.32 Å². The van der Waals surface area contributed by atoms with Crippen molar-refractivity contribution in [2.24, 2.45) is 0 Å². The van der Waals surface area contributed by atoms with Gasteiger partial charge in [-0.2, -0.15) is 13.2 Å². The summed E-state index contributed by atoms with van der Waals surface area (Å²) in [7, 11) is 0. The number of rotatable bonds is 5. The van der Waals surface area contributed by atoms with Crippen LogP contribution in [0.5, 0.6) is 0 Å². The van der Waals surface area contributed by atoms with Gasteiger partial charge in [-0.15, -0.1) is 5.10 Å². The Morgan fingerprint density at radius 1 is 1.38 bits per heavy atom. The molecule has 10 heteroatoms. The molecule has 0 radical (unpaired) electrons. The highest BCUT2D eigenvalue weighted by Crippen LogP contribution is 2.27. The maximum atomic E-state index is 12.5. The number of halogens is 3. The van der Waals surface area contributed by atoms with Crippen LogP contribution in [-0.2, 0) is 12.7 Å². The Bertz CT molecular complexity index is 641. The molecule has 0 saturated carbocycles. The smallest absolute Gasteiger partial charge is 0.433 e. The van der Waals surface area contributed by atoms with Crippen LogP contribution in [0.2, 0.25) is 0 Å². The van der Waals surface area contributed by atoms with Crippen molar-refractivity contribution in [1.29, 1.82) is 0 Å². The van der Waals surface area contributed by atoms with Gasteiger partial charge in [0.05, 0.1) is 12.7 Å². The van der Waals surface area contributed by atoms with Gasteiger partial charge >= 0.3 is 12.1 Å². The number of nitrogens with zero attached hydrogens (tertiary/aromatic N) is 4. The molecule has 0 spiro atoms. The predicted molar refractivity (Wildman–Crippen MR) is 64.7 cm³/mol. The van der Waals surface area contributed by atoms with Crippen LogP contribution in [0.25, 0.3) is 0 Å². The molecule has 2 N–H and O–H groups in total. The molecular formula is C11H10F3N5O2. The summed E-state index contributed by atoms with van der Waals surface area (Å²) in [5, 5.41) is 18.3. The van der Waals surface area contributed by atoms with Gasteiger partial charge < -0.3 is 10.4 Å². The Balaban J connectivity index is 1.92. The standard InChI is InChI=1S/C11H10F3N5O2/c12-11(13,14)8-2-1-3-9(16-8)15-4-5-19-6-7(10(20)21)17-18-19/h1-3,6H,4-5H2,(H,15,16)(H,20,21). The van der Waals surface area contributed by atoms with E-state index in [1.165, 1.54) is 23.0 Å². The topological polar surface area (TPSA) is 92.9 Å². The largest absolute Gasteiger partial charge is 0.476 e. The first-order valence-corrected chi connectivity index (χ1v) is 5.78. The van der Waals surface area contributed by atoms with E-state index in [1.54, 1.807) is 0 Å². The maximum absolute atomic E-state index is 12.5. The van der Waals surface area contributed by atoms with E-state index in [0.717, 1.165) is 6.07 Å². The van der Waals surface area contributed by atoms with Crippen LogP contribution in [0.3, 0.4) is 0 Å². The van der Waals surface area contributed by atoms with Gasteiger partial charge in [0, 0.05) is 6.54 Å².